The topological polar surface area (TPSA) is 17.1 Å². The van der Waals surface area contributed by atoms with Gasteiger partial charge in [0.25, 0.3) is 0 Å². The van der Waals surface area contributed by atoms with Gasteiger partial charge >= 0.3 is 0 Å². The summed E-state index contributed by atoms with van der Waals surface area (Å²) in [7, 11) is -2.30. The second kappa shape index (κ2) is 7.83. The van der Waals surface area contributed by atoms with E-state index in [2.05, 4.69) is 37.9 Å². The Kier molecular flexibility index (Phi) is 6.06. The normalized spacial score (nSPS) is 13.7. The minimum absolute atomic E-state index is 0.514. The minimum Gasteiger partial charge on any atom is -0.263 e. The summed E-state index contributed by atoms with van der Waals surface area (Å²) in [5.41, 5.74) is 4.80. The van der Waals surface area contributed by atoms with Crippen molar-refractivity contribution in [1.82, 2.24) is 0 Å². The zero-order valence-electron chi connectivity index (χ0n) is 14.6. The summed E-state index contributed by atoms with van der Waals surface area (Å²) in [4.78, 5) is 0.883. The average Bonchev–Trinajstić information content (AvgIpc) is 2.46. The summed E-state index contributed by atoms with van der Waals surface area (Å²) in [6.07, 6.45) is 4.82. The summed E-state index contributed by atoms with van der Waals surface area (Å²) in [6.45, 7) is 6.35. The molecule has 124 valence electrons. The third-order valence-corrected chi connectivity index (χ3v) is 6.22. The SMILES string of the molecule is C=S(=O)(Cc1cc(C)cc(CCCCC)c1)c1ccccc1C. The lowest BCUT2D eigenvalue weighted by molar-refractivity contribution is 0.680. The lowest BCUT2D eigenvalue weighted by Crippen LogP contribution is -2.07. The second-order valence-corrected chi connectivity index (χ2v) is 8.86. The Morgan fingerprint density at radius 1 is 1.00 bits per heavy atom. The predicted molar refractivity (Wildman–Crippen MR) is 103 cm³/mol. The van der Waals surface area contributed by atoms with Crippen LogP contribution in [-0.2, 0) is 21.7 Å². The fourth-order valence-corrected chi connectivity index (χ4v) is 4.92. The molecule has 0 saturated heterocycles. The van der Waals surface area contributed by atoms with Gasteiger partial charge < -0.3 is 0 Å². The van der Waals surface area contributed by atoms with E-state index in [0.29, 0.717) is 5.75 Å². The Hall–Kier alpha value is -1.54. The fourth-order valence-electron chi connectivity index (χ4n) is 3.08. The van der Waals surface area contributed by atoms with Crippen LogP contribution in [-0.4, -0.2) is 10.1 Å². The van der Waals surface area contributed by atoms with E-state index < -0.39 is 9.52 Å². The summed E-state index contributed by atoms with van der Waals surface area (Å²) in [5, 5.41) is 0. The molecule has 0 amide bonds. The lowest BCUT2D eigenvalue weighted by Gasteiger charge is -2.14. The summed E-state index contributed by atoms with van der Waals surface area (Å²) in [5.74, 6) is 4.57. The van der Waals surface area contributed by atoms with Crippen molar-refractivity contribution < 1.29 is 4.21 Å². The summed E-state index contributed by atoms with van der Waals surface area (Å²) < 4.78 is 13.1. The molecule has 1 nitrogen and oxygen atoms in total. The molecule has 0 aliphatic carbocycles. The van der Waals surface area contributed by atoms with E-state index in [1.165, 1.54) is 30.4 Å². The van der Waals surface area contributed by atoms with Crippen LogP contribution in [0.25, 0.3) is 0 Å². The Morgan fingerprint density at radius 2 is 1.70 bits per heavy atom. The molecule has 2 rings (SSSR count). The monoisotopic (exact) mass is 328 g/mol. The molecule has 0 N–H and O–H groups in total. The number of hydrogen-bond donors (Lipinski definition) is 0. The van der Waals surface area contributed by atoms with Gasteiger partial charge in [0, 0.05) is 20.2 Å². The number of rotatable bonds is 7. The van der Waals surface area contributed by atoms with Crippen molar-refractivity contribution >= 4 is 15.4 Å². The Labute approximate surface area is 141 Å². The third-order valence-electron chi connectivity index (χ3n) is 4.16. The molecule has 2 aromatic rings. The maximum atomic E-state index is 13.1. The summed E-state index contributed by atoms with van der Waals surface area (Å²) >= 11 is 0. The second-order valence-electron chi connectivity index (χ2n) is 6.51. The number of benzene rings is 2. The van der Waals surface area contributed by atoms with E-state index in [9.17, 15) is 4.21 Å². The van der Waals surface area contributed by atoms with Crippen LogP contribution in [0.15, 0.2) is 47.4 Å². The molecule has 0 fully saturated rings. The first-order valence-corrected chi connectivity index (χ1v) is 10.3. The van der Waals surface area contributed by atoms with Crippen LogP contribution in [0.1, 0.15) is 48.4 Å². The van der Waals surface area contributed by atoms with Gasteiger partial charge in [0.1, 0.15) is 0 Å². The molecular weight excluding hydrogens is 300 g/mol. The standard InChI is InChI=1S/C21H28OS/c1-5-6-7-11-19-13-17(2)14-20(15-19)16-23(4,22)21-12-9-8-10-18(21)3/h8-10,12-15H,4-7,11,16H2,1-3H3. The van der Waals surface area contributed by atoms with Crippen LogP contribution >= 0.6 is 0 Å². The van der Waals surface area contributed by atoms with Gasteiger partial charge in [-0.3, -0.25) is 4.21 Å². The van der Waals surface area contributed by atoms with Crippen molar-refractivity contribution in [3.63, 3.8) is 0 Å². The van der Waals surface area contributed by atoms with Gasteiger partial charge in [0.15, 0.2) is 0 Å². The minimum atomic E-state index is -2.30. The molecule has 0 bridgehead atoms. The molecule has 0 saturated carbocycles. The highest BCUT2D eigenvalue weighted by Gasteiger charge is 2.12. The van der Waals surface area contributed by atoms with Crippen molar-refractivity contribution in [2.45, 2.75) is 57.1 Å². The molecule has 23 heavy (non-hydrogen) atoms. The van der Waals surface area contributed by atoms with Gasteiger partial charge in [-0.05, 0) is 55.3 Å². The maximum absolute atomic E-state index is 13.1. The molecule has 2 heteroatoms. The van der Waals surface area contributed by atoms with Crippen molar-refractivity contribution in [3.05, 3.63) is 64.7 Å². The molecule has 1 atom stereocenters. The zero-order valence-corrected chi connectivity index (χ0v) is 15.4. The maximum Gasteiger partial charge on any atom is 0.0453 e. The van der Waals surface area contributed by atoms with Gasteiger partial charge in [0.2, 0.25) is 0 Å². The first kappa shape index (κ1) is 17.8. The fraction of sp³-hybridized carbons (Fsp3) is 0.381. The molecule has 0 aromatic heterocycles. The Morgan fingerprint density at radius 3 is 2.39 bits per heavy atom. The van der Waals surface area contributed by atoms with Crippen LogP contribution in [0.3, 0.4) is 0 Å². The smallest absolute Gasteiger partial charge is 0.0453 e. The first-order valence-electron chi connectivity index (χ1n) is 8.42. The Bertz CT molecular complexity index is 757. The molecular formula is C21H28OS. The van der Waals surface area contributed by atoms with Gasteiger partial charge in [-0.25, -0.2) is 0 Å². The number of aryl methyl sites for hydroxylation is 3. The third kappa shape index (κ3) is 4.97. The van der Waals surface area contributed by atoms with Gasteiger partial charge in [-0.15, -0.1) is 0 Å². The number of unbranched alkanes of at least 4 members (excludes halogenated alkanes) is 2. The van der Waals surface area contributed by atoms with Crippen molar-refractivity contribution in [2.24, 2.45) is 0 Å². The van der Waals surface area contributed by atoms with Crippen molar-refractivity contribution in [3.8, 4) is 0 Å². The largest absolute Gasteiger partial charge is 0.263 e. The molecule has 0 radical (unpaired) electrons. The van der Waals surface area contributed by atoms with Gasteiger partial charge in [-0.2, -0.15) is 0 Å². The van der Waals surface area contributed by atoms with Crippen LogP contribution < -0.4 is 0 Å². The molecule has 0 aliphatic heterocycles. The highest BCUT2D eigenvalue weighted by atomic mass is 32.2. The van der Waals surface area contributed by atoms with Crippen LogP contribution in [0.4, 0.5) is 0 Å². The van der Waals surface area contributed by atoms with E-state index in [-0.39, 0.29) is 0 Å². The van der Waals surface area contributed by atoms with E-state index in [4.69, 9.17) is 0 Å². The van der Waals surface area contributed by atoms with Crippen molar-refractivity contribution in [2.75, 3.05) is 0 Å². The molecule has 0 heterocycles. The lowest BCUT2D eigenvalue weighted by atomic mass is 10.0. The van der Waals surface area contributed by atoms with Crippen LogP contribution in [0.5, 0.6) is 0 Å². The van der Waals surface area contributed by atoms with E-state index in [1.54, 1.807) is 0 Å². The predicted octanol–water partition coefficient (Wildman–Crippen LogP) is 5.31. The van der Waals surface area contributed by atoms with Crippen LogP contribution in [0, 0.1) is 13.8 Å². The molecule has 1 unspecified atom stereocenters. The van der Waals surface area contributed by atoms with Crippen molar-refractivity contribution in [1.29, 1.82) is 0 Å². The zero-order chi connectivity index (χ0) is 16.9. The first-order chi connectivity index (χ1) is 10.9. The quantitative estimate of drug-likeness (QED) is 0.497. The van der Waals surface area contributed by atoms with E-state index in [0.717, 1.165) is 22.4 Å². The summed E-state index contributed by atoms with van der Waals surface area (Å²) in [6, 6.07) is 14.5. The molecule has 0 aliphatic rings. The van der Waals surface area contributed by atoms with E-state index in [1.807, 2.05) is 31.2 Å². The Balaban J connectivity index is 2.24. The van der Waals surface area contributed by atoms with Gasteiger partial charge in [-0.1, -0.05) is 61.7 Å². The van der Waals surface area contributed by atoms with Gasteiger partial charge in [0.05, 0.1) is 0 Å². The van der Waals surface area contributed by atoms with Crippen LogP contribution in [0.2, 0.25) is 0 Å². The average molecular weight is 329 g/mol. The highest BCUT2D eigenvalue weighted by Crippen LogP contribution is 2.22. The molecule has 0 spiro atoms. The van der Waals surface area contributed by atoms with E-state index >= 15 is 0 Å². The molecule has 2 aromatic carbocycles. The highest BCUT2D eigenvalue weighted by molar-refractivity contribution is 7.99. The number of hydrogen-bond acceptors (Lipinski definition) is 1.